The highest BCUT2D eigenvalue weighted by molar-refractivity contribution is 7.18. The second kappa shape index (κ2) is 8.06. The van der Waals surface area contributed by atoms with Crippen molar-refractivity contribution in [2.24, 2.45) is 0 Å². The summed E-state index contributed by atoms with van der Waals surface area (Å²) in [5.74, 6) is 0.406. The molecule has 1 N–H and O–H groups in total. The van der Waals surface area contributed by atoms with Crippen molar-refractivity contribution in [2.45, 2.75) is 32.8 Å². The van der Waals surface area contributed by atoms with Crippen LogP contribution >= 0.6 is 11.3 Å². The summed E-state index contributed by atoms with van der Waals surface area (Å²) in [5, 5.41) is 3.74. The Kier molecular flexibility index (Phi) is 5.77. The maximum Gasteiger partial charge on any atom is 0.250 e. The highest BCUT2D eigenvalue weighted by Gasteiger charge is 2.17. The molecule has 6 heteroatoms. The van der Waals surface area contributed by atoms with Gasteiger partial charge in [-0.1, -0.05) is 39.0 Å². The van der Waals surface area contributed by atoms with E-state index in [4.69, 9.17) is 9.47 Å². The molecule has 5 nitrogen and oxygen atoms in total. The molecule has 1 aromatic heterocycles. The Labute approximate surface area is 163 Å². The van der Waals surface area contributed by atoms with Gasteiger partial charge in [0.1, 0.15) is 17.4 Å². The van der Waals surface area contributed by atoms with Gasteiger partial charge in [-0.15, -0.1) is 11.3 Å². The molecule has 0 radical (unpaired) electrons. The average Bonchev–Trinajstić information content (AvgIpc) is 3.03. The van der Waals surface area contributed by atoms with Crippen LogP contribution in [0.4, 0.5) is 5.69 Å². The lowest BCUT2D eigenvalue weighted by Gasteiger charge is -2.21. The Morgan fingerprint density at radius 2 is 1.96 bits per heavy atom. The maximum absolute atomic E-state index is 12.3. The Balaban J connectivity index is 1.60. The van der Waals surface area contributed by atoms with Crippen LogP contribution in [0.3, 0.4) is 0 Å². The average molecular weight is 385 g/mol. The molecule has 0 atom stereocenters. The van der Waals surface area contributed by atoms with E-state index in [1.807, 2.05) is 42.5 Å². The Morgan fingerprint density at radius 3 is 2.67 bits per heavy atom. The zero-order valence-electron chi connectivity index (χ0n) is 16.0. The van der Waals surface area contributed by atoms with E-state index >= 15 is 0 Å². The number of benzene rings is 2. The van der Waals surface area contributed by atoms with Crippen molar-refractivity contribution in [3.63, 3.8) is 0 Å². The highest BCUT2D eigenvalue weighted by atomic mass is 32.1. The minimum Gasteiger partial charge on any atom is -0.495 e. The van der Waals surface area contributed by atoms with E-state index < -0.39 is 0 Å². The number of carbonyl (C=O) groups excluding carboxylic acids is 1. The lowest BCUT2D eigenvalue weighted by atomic mass is 9.87. The molecule has 0 unspecified atom stereocenters. The first-order valence-corrected chi connectivity index (χ1v) is 9.59. The molecule has 0 saturated carbocycles. The van der Waals surface area contributed by atoms with Crippen LogP contribution in [-0.2, 0) is 21.6 Å². The van der Waals surface area contributed by atoms with E-state index in [2.05, 4.69) is 31.1 Å². The van der Waals surface area contributed by atoms with Gasteiger partial charge in [-0.3, -0.25) is 4.79 Å². The van der Waals surface area contributed by atoms with Crippen molar-refractivity contribution in [3.05, 3.63) is 53.0 Å². The molecule has 0 aliphatic rings. The van der Waals surface area contributed by atoms with Gasteiger partial charge < -0.3 is 14.8 Å². The topological polar surface area (TPSA) is 60.5 Å². The monoisotopic (exact) mass is 384 g/mol. The molecule has 27 heavy (non-hydrogen) atoms. The van der Waals surface area contributed by atoms with Crippen LogP contribution in [0.1, 0.15) is 31.3 Å². The summed E-state index contributed by atoms with van der Waals surface area (Å²) in [4.78, 5) is 16.8. The first kappa shape index (κ1) is 19.3. The van der Waals surface area contributed by atoms with Crippen LogP contribution in [0.15, 0.2) is 42.5 Å². The fraction of sp³-hybridized carbons (Fsp3) is 0.333. The summed E-state index contributed by atoms with van der Waals surface area (Å²) in [6, 6.07) is 13.8. The van der Waals surface area contributed by atoms with Crippen LogP contribution < -0.4 is 10.1 Å². The molecule has 3 rings (SSSR count). The zero-order valence-corrected chi connectivity index (χ0v) is 16.9. The third kappa shape index (κ3) is 4.84. The van der Waals surface area contributed by atoms with Gasteiger partial charge >= 0.3 is 0 Å². The van der Waals surface area contributed by atoms with Gasteiger partial charge in [0, 0.05) is 0 Å². The number of rotatable bonds is 6. The largest absolute Gasteiger partial charge is 0.495 e. The van der Waals surface area contributed by atoms with E-state index in [0.717, 1.165) is 20.8 Å². The van der Waals surface area contributed by atoms with E-state index in [-0.39, 0.29) is 17.9 Å². The van der Waals surface area contributed by atoms with Crippen LogP contribution in [0, 0.1) is 0 Å². The number of fused-ring (bicyclic) bond motifs is 1. The fourth-order valence-electron chi connectivity index (χ4n) is 2.67. The van der Waals surface area contributed by atoms with Crippen molar-refractivity contribution in [1.29, 1.82) is 0 Å². The minimum absolute atomic E-state index is 0.0188. The van der Waals surface area contributed by atoms with Gasteiger partial charge in [0.25, 0.3) is 0 Å². The molecule has 1 amide bonds. The van der Waals surface area contributed by atoms with Crippen molar-refractivity contribution < 1.29 is 14.3 Å². The number of ether oxygens (including phenoxy) is 2. The number of nitrogens with one attached hydrogen (secondary N) is 1. The fourth-order valence-corrected chi connectivity index (χ4v) is 3.58. The predicted molar refractivity (Wildman–Crippen MR) is 110 cm³/mol. The molecular weight excluding hydrogens is 360 g/mol. The van der Waals surface area contributed by atoms with Crippen LogP contribution in [0.5, 0.6) is 5.75 Å². The number of methoxy groups -OCH3 is 1. The number of amides is 1. The third-order valence-electron chi connectivity index (χ3n) is 4.14. The number of para-hydroxylation sites is 1. The number of hydrogen-bond donors (Lipinski definition) is 1. The normalized spacial score (nSPS) is 11.6. The lowest BCUT2D eigenvalue weighted by molar-refractivity contribution is -0.121. The number of nitrogens with zero attached hydrogens (tertiary/aromatic N) is 1. The Morgan fingerprint density at radius 1 is 1.19 bits per heavy atom. The van der Waals surface area contributed by atoms with Crippen LogP contribution in [0.25, 0.3) is 10.2 Å². The summed E-state index contributed by atoms with van der Waals surface area (Å²) < 4.78 is 12.0. The first-order chi connectivity index (χ1) is 12.9. The van der Waals surface area contributed by atoms with Crippen LogP contribution in [0.2, 0.25) is 0 Å². The predicted octanol–water partition coefficient (Wildman–Crippen LogP) is 4.76. The van der Waals surface area contributed by atoms with E-state index in [0.29, 0.717) is 18.0 Å². The maximum atomic E-state index is 12.3. The van der Waals surface area contributed by atoms with Gasteiger partial charge in [0.2, 0.25) is 5.91 Å². The molecule has 2 aromatic carbocycles. The SMILES string of the molecule is COc1ccc(C(C)(C)C)cc1NC(=O)COCc1nc2ccccc2s1. The number of carbonyl (C=O) groups is 1. The molecule has 0 aliphatic heterocycles. The standard InChI is InChI=1S/C21H24N2O3S/c1-21(2,3)14-9-10-17(25-4)16(11-14)22-19(24)12-26-13-20-23-15-7-5-6-8-18(15)27-20/h5-11H,12-13H2,1-4H3,(H,22,24). The van der Waals surface area contributed by atoms with Crippen molar-refractivity contribution >= 4 is 33.1 Å². The first-order valence-electron chi connectivity index (χ1n) is 8.77. The summed E-state index contributed by atoms with van der Waals surface area (Å²) >= 11 is 1.58. The Hall–Kier alpha value is -2.44. The van der Waals surface area contributed by atoms with E-state index in [9.17, 15) is 4.79 Å². The lowest BCUT2D eigenvalue weighted by Crippen LogP contribution is -2.19. The molecule has 1 heterocycles. The van der Waals surface area contributed by atoms with Crippen molar-refractivity contribution in [1.82, 2.24) is 4.98 Å². The third-order valence-corrected chi connectivity index (χ3v) is 5.15. The molecule has 0 bridgehead atoms. The molecule has 0 aliphatic carbocycles. The second-order valence-corrected chi connectivity index (χ2v) is 8.40. The summed E-state index contributed by atoms with van der Waals surface area (Å²) in [7, 11) is 1.59. The number of aromatic nitrogens is 1. The summed E-state index contributed by atoms with van der Waals surface area (Å²) in [5.41, 5.74) is 2.71. The van der Waals surface area contributed by atoms with Gasteiger partial charge in [-0.25, -0.2) is 4.98 Å². The number of hydrogen-bond acceptors (Lipinski definition) is 5. The Bertz CT molecular complexity index is 911. The molecular formula is C21H24N2O3S. The molecule has 0 spiro atoms. The smallest absolute Gasteiger partial charge is 0.250 e. The van der Waals surface area contributed by atoms with Crippen molar-refractivity contribution in [2.75, 3.05) is 19.0 Å². The molecule has 0 saturated heterocycles. The van der Waals surface area contributed by atoms with E-state index in [1.54, 1.807) is 18.4 Å². The van der Waals surface area contributed by atoms with Gasteiger partial charge in [0.15, 0.2) is 0 Å². The van der Waals surface area contributed by atoms with Crippen LogP contribution in [-0.4, -0.2) is 24.6 Å². The molecule has 142 valence electrons. The van der Waals surface area contributed by atoms with Gasteiger partial charge in [0.05, 0.1) is 29.6 Å². The molecule has 0 fully saturated rings. The van der Waals surface area contributed by atoms with E-state index in [1.165, 1.54) is 0 Å². The summed E-state index contributed by atoms with van der Waals surface area (Å²) in [6.45, 7) is 6.65. The van der Waals surface area contributed by atoms with Gasteiger partial charge in [-0.2, -0.15) is 0 Å². The number of thiazole rings is 1. The minimum atomic E-state index is -0.222. The van der Waals surface area contributed by atoms with Crippen molar-refractivity contribution in [3.8, 4) is 5.75 Å². The second-order valence-electron chi connectivity index (χ2n) is 7.28. The summed E-state index contributed by atoms with van der Waals surface area (Å²) in [6.07, 6.45) is 0. The van der Waals surface area contributed by atoms with Gasteiger partial charge in [-0.05, 0) is 35.2 Å². The highest BCUT2D eigenvalue weighted by Crippen LogP contribution is 2.31. The zero-order chi connectivity index (χ0) is 19.4. The quantitative estimate of drug-likeness (QED) is 0.666. The number of anilines is 1. The molecule has 3 aromatic rings.